The lowest BCUT2D eigenvalue weighted by Gasteiger charge is -2.06. The van der Waals surface area contributed by atoms with Crippen molar-refractivity contribution >= 4 is 0 Å². The van der Waals surface area contributed by atoms with Gasteiger partial charge in [0.05, 0.1) is 0 Å². The highest BCUT2D eigenvalue weighted by atomic mass is 15.1. The number of rotatable bonds is 6. The van der Waals surface area contributed by atoms with Gasteiger partial charge in [-0.05, 0) is 0 Å². The lowest BCUT2D eigenvalue weighted by Crippen LogP contribution is -2.25. The molecule has 0 atom stereocenters. The van der Waals surface area contributed by atoms with Crippen LogP contribution in [0.2, 0.25) is 0 Å². The van der Waals surface area contributed by atoms with E-state index in [2.05, 4.69) is 36.1 Å². The Balaban J connectivity index is 3.68. The first-order chi connectivity index (χ1) is 5.35. The molecular formula is C9H14N2. The van der Waals surface area contributed by atoms with Crippen LogP contribution in [0.5, 0.6) is 0 Å². The topological polar surface area (TPSA) is 24.1 Å². The summed E-state index contributed by atoms with van der Waals surface area (Å²) in [5, 5.41) is 6.04. The van der Waals surface area contributed by atoms with Crippen LogP contribution < -0.4 is 10.6 Å². The molecule has 60 valence electrons. The van der Waals surface area contributed by atoms with E-state index in [9.17, 15) is 0 Å². The van der Waals surface area contributed by atoms with E-state index in [4.69, 9.17) is 0 Å². The van der Waals surface area contributed by atoms with Crippen LogP contribution >= 0.6 is 0 Å². The molecule has 0 spiro atoms. The molecule has 2 heteroatoms. The average molecular weight is 150 g/mol. The second-order valence-corrected chi connectivity index (χ2v) is 1.89. The molecule has 0 aromatic rings. The SMILES string of the molecule is C=C=C(NCC=C)NCC=C. The van der Waals surface area contributed by atoms with Gasteiger partial charge < -0.3 is 10.6 Å². The van der Waals surface area contributed by atoms with Gasteiger partial charge in [-0.2, -0.15) is 0 Å². The molecule has 0 fully saturated rings. The maximum absolute atomic E-state index is 3.58. The van der Waals surface area contributed by atoms with Crippen LogP contribution in [-0.4, -0.2) is 13.1 Å². The summed E-state index contributed by atoms with van der Waals surface area (Å²) in [5.74, 6) is 0.782. The van der Waals surface area contributed by atoms with Crippen LogP contribution in [0.25, 0.3) is 0 Å². The van der Waals surface area contributed by atoms with Gasteiger partial charge in [0.15, 0.2) is 0 Å². The molecule has 2 nitrogen and oxygen atoms in total. The molecule has 0 aromatic heterocycles. The van der Waals surface area contributed by atoms with Crippen molar-refractivity contribution < 1.29 is 0 Å². The van der Waals surface area contributed by atoms with Gasteiger partial charge in [-0.3, -0.25) is 0 Å². The Hall–Kier alpha value is -1.40. The molecule has 0 saturated carbocycles. The molecule has 0 rings (SSSR count). The summed E-state index contributed by atoms with van der Waals surface area (Å²) in [7, 11) is 0. The van der Waals surface area contributed by atoms with Crippen molar-refractivity contribution in [3.63, 3.8) is 0 Å². The van der Waals surface area contributed by atoms with Gasteiger partial charge in [0.1, 0.15) is 5.82 Å². The van der Waals surface area contributed by atoms with Crippen LogP contribution in [0.1, 0.15) is 0 Å². The number of nitrogens with one attached hydrogen (secondary N) is 2. The Bertz CT molecular complexity index is 162. The van der Waals surface area contributed by atoms with Gasteiger partial charge in [0, 0.05) is 13.1 Å². The summed E-state index contributed by atoms with van der Waals surface area (Å²) in [4.78, 5) is 0. The van der Waals surface area contributed by atoms with E-state index in [0.29, 0.717) is 13.1 Å². The first-order valence-electron chi connectivity index (χ1n) is 3.44. The summed E-state index contributed by atoms with van der Waals surface area (Å²) >= 11 is 0. The second kappa shape index (κ2) is 6.72. The monoisotopic (exact) mass is 150 g/mol. The van der Waals surface area contributed by atoms with Crippen molar-refractivity contribution in [1.29, 1.82) is 0 Å². The highest BCUT2D eigenvalue weighted by Crippen LogP contribution is 1.77. The summed E-state index contributed by atoms with van der Waals surface area (Å²) in [6.45, 7) is 12.1. The molecule has 0 aliphatic heterocycles. The fourth-order valence-corrected chi connectivity index (χ4v) is 0.536. The third kappa shape index (κ3) is 5.07. The van der Waals surface area contributed by atoms with Crippen LogP contribution in [0, 0.1) is 0 Å². The fraction of sp³-hybridized carbons (Fsp3) is 0.222. The van der Waals surface area contributed by atoms with Gasteiger partial charge in [0.2, 0.25) is 0 Å². The van der Waals surface area contributed by atoms with Gasteiger partial charge in [0.25, 0.3) is 0 Å². The predicted octanol–water partition coefficient (Wildman–Crippen LogP) is 1.16. The molecule has 0 aliphatic rings. The van der Waals surface area contributed by atoms with Gasteiger partial charge in [-0.15, -0.1) is 13.2 Å². The first kappa shape index (κ1) is 9.60. The molecular weight excluding hydrogens is 136 g/mol. The quantitative estimate of drug-likeness (QED) is 0.438. The van der Waals surface area contributed by atoms with E-state index in [1.807, 2.05) is 0 Å². The van der Waals surface area contributed by atoms with Gasteiger partial charge >= 0.3 is 0 Å². The third-order valence-electron chi connectivity index (χ3n) is 1.02. The third-order valence-corrected chi connectivity index (χ3v) is 1.02. The Morgan fingerprint density at radius 1 is 1.18 bits per heavy atom. The van der Waals surface area contributed by atoms with Crippen molar-refractivity contribution in [2.24, 2.45) is 0 Å². The van der Waals surface area contributed by atoms with E-state index in [-0.39, 0.29) is 0 Å². The van der Waals surface area contributed by atoms with Crippen molar-refractivity contribution in [1.82, 2.24) is 10.6 Å². The van der Waals surface area contributed by atoms with Crippen molar-refractivity contribution in [2.45, 2.75) is 0 Å². The normalized spacial score (nSPS) is 7.64. The zero-order chi connectivity index (χ0) is 8.53. The van der Waals surface area contributed by atoms with E-state index in [1.165, 1.54) is 0 Å². The minimum absolute atomic E-state index is 0.710. The summed E-state index contributed by atoms with van der Waals surface area (Å²) < 4.78 is 0. The van der Waals surface area contributed by atoms with Crippen molar-refractivity contribution in [3.8, 4) is 0 Å². The fourth-order valence-electron chi connectivity index (χ4n) is 0.536. The largest absolute Gasteiger partial charge is 0.362 e. The smallest absolute Gasteiger partial charge is 0.144 e. The molecule has 0 unspecified atom stereocenters. The van der Waals surface area contributed by atoms with E-state index >= 15 is 0 Å². The Kier molecular flexibility index (Phi) is 5.86. The highest BCUT2D eigenvalue weighted by Gasteiger charge is 1.87. The zero-order valence-electron chi connectivity index (χ0n) is 6.69. The molecule has 0 aliphatic carbocycles. The minimum atomic E-state index is 0.710. The van der Waals surface area contributed by atoms with Crippen molar-refractivity contribution in [3.05, 3.63) is 43.4 Å². The molecule has 2 N–H and O–H groups in total. The predicted molar refractivity (Wildman–Crippen MR) is 49.1 cm³/mol. The first-order valence-corrected chi connectivity index (χ1v) is 3.44. The van der Waals surface area contributed by atoms with Crippen molar-refractivity contribution in [2.75, 3.05) is 13.1 Å². The summed E-state index contributed by atoms with van der Waals surface area (Å²) in [6.07, 6.45) is 3.54. The molecule has 0 radical (unpaired) electrons. The number of hydrogen-bond donors (Lipinski definition) is 2. The van der Waals surface area contributed by atoms with Gasteiger partial charge in [-0.25, -0.2) is 0 Å². The molecule has 11 heavy (non-hydrogen) atoms. The van der Waals surface area contributed by atoms with Crippen LogP contribution in [-0.2, 0) is 0 Å². The highest BCUT2D eigenvalue weighted by molar-refractivity contribution is 4.97. The maximum atomic E-state index is 3.58. The van der Waals surface area contributed by atoms with E-state index in [0.717, 1.165) is 5.82 Å². The lowest BCUT2D eigenvalue weighted by molar-refractivity contribution is 0.765. The van der Waals surface area contributed by atoms with Crippen LogP contribution in [0.15, 0.2) is 43.4 Å². The number of hydrogen-bond acceptors (Lipinski definition) is 2. The maximum Gasteiger partial charge on any atom is 0.144 e. The minimum Gasteiger partial charge on any atom is -0.362 e. The van der Waals surface area contributed by atoms with Crippen LogP contribution in [0.4, 0.5) is 0 Å². The van der Waals surface area contributed by atoms with Gasteiger partial charge in [-0.1, -0.05) is 24.5 Å². The molecule has 0 amide bonds. The molecule has 0 heterocycles. The summed E-state index contributed by atoms with van der Waals surface area (Å²) in [6, 6.07) is 0. The Labute approximate surface area is 68.0 Å². The zero-order valence-corrected chi connectivity index (χ0v) is 6.69. The Morgan fingerprint density at radius 3 is 1.91 bits per heavy atom. The molecule has 0 saturated heterocycles. The second-order valence-electron chi connectivity index (χ2n) is 1.89. The molecule has 0 bridgehead atoms. The van der Waals surface area contributed by atoms with Crippen LogP contribution in [0.3, 0.4) is 0 Å². The average Bonchev–Trinajstić information content (AvgIpc) is 2.05. The standard InChI is InChI=1S/C9H14N2/c1-4-7-10-9(6-3)11-8-5-2/h4-5,10-11H,1-3,7-8H2. The van der Waals surface area contributed by atoms with E-state index < -0.39 is 0 Å². The molecule has 0 aromatic carbocycles. The Morgan fingerprint density at radius 2 is 1.64 bits per heavy atom. The summed E-state index contributed by atoms with van der Waals surface area (Å²) in [5.41, 5.74) is 2.72. The lowest BCUT2D eigenvalue weighted by atomic mass is 10.5. The van der Waals surface area contributed by atoms with E-state index in [1.54, 1.807) is 12.2 Å².